The van der Waals surface area contributed by atoms with Gasteiger partial charge in [-0.3, -0.25) is 14.6 Å². The number of halogens is 1. The summed E-state index contributed by atoms with van der Waals surface area (Å²) in [6.07, 6.45) is 1.68. The highest BCUT2D eigenvalue weighted by Crippen LogP contribution is 2.26. The lowest BCUT2D eigenvalue weighted by Crippen LogP contribution is -2.14. The topological polar surface area (TPSA) is 71.1 Å². The van der Waals surface area contributed by atoms with Crippen molar-refractivity contribution in [2.24, 2.45) is 0 Å². The Morgan fingerprint density at radius 3 is 2.54 bits per heavy atom. The molecule has 5 nitrogen and oxygen atoms in total. The van der Waals surface area contributed by atoms with Crippen LogP contribution in [0.25, 0.3) is 10.9 Å². The second-order valence-electron chi connectivity index (χ2n) is 5.96. The average Bonchev–Trinajstić information content (AvgIpc) is 3.25. The molecule has 2 N–H and O–H groups in total. The molecule has 2 aromatic heterocycles. The number of hydrogen-bond acceptors (Lipinski definition) is 4. The van der Waals surface area contributed by atoms with Crippen LogP contribution in [0.5, 0.6) is 0 Å². The van der Waals surface area contributed by atoms with Crippen LogP contribution in [-0.2, 0) is 0 Å². The Kier molecular flexibility index (Phi) is 5.06. The summed E-state index contributed by atoms with van der Waals surface area (Å²) in [6, 6.07) is 17.6. The smallest absolute Gasteiger partial charge is 0.265 e. The molecule has 0 unspecified atom stereocenters. The van der Waals surface area contributed by atoms with Gasteiger partial charge in [-0.2, -0.15) is 0 Å². The number of hydrogen-bond donors (Lipinski definition) is 2. The van der Waals surface area contributed by atoms with Crippen LogP contribution in [0.2, 0.25) is 5.02 Å². The summed E-state index contributed by atoms with van der Waals surface area (Å²) in [5.74, 6) is -0.589. The third kappa shape index (κ3) is 3.74. The first-order valence-electron chi connectivity index (χ1n) is 8.41. The van der Waals surface area contributed by atoms with E-state index in [-0.39, 0.29) is 11.8 Å². The summed E-state index contributed by atoms with van der Waals surface area (Å²) in [5, 5.41) is 8.73. The molecular weight excluding hydrogens is 394 g/mol. The zero-order valence-electron chi connectivity index (χ0n) is 14.5. The largest absolute Gasteiger partial charge is 0.320 e. The quantitative estimate of drug-likeness (QED) is 0.472. The van der Waals surface area contributed by atoms with Gasteiger partial charge in [0.2, 0.25) is 0 Å². The first-order valence-corrected chi connectivity index (χ1v) is 9.67. The van der Waals surface area contributed by atoms with E-state index in [4.69, 9.17) is 11.6 Å². The molecule has 0 aliphatic rings. The highest BCUT2D eigenvalue weighted by Gasteiger charge is 2.14. The number of pyridine rings is 1. The number of para-hydroxylation sites is 1. The predicted molar refractivity (Wildman–Crippen MR) is 113 cm³/mol. The molecule has 0 bridgehead atoms. The molecule has 28 heavy (non-hydrogen) atoms. The van der Waals surface area contributed by atoms with Crippen LogP contribution in [0, 0.1) is 0 Å². The predicted octanol–water partition coefficient (Wildman–Crippen LogP) is 5.45. The lowest BCUT2D eigenvalue weighted by Gasteiger charge is -2.11. The Bertz CT molecular complexity index is 1170. The molecular formula is C21H14ClN3O2S. The molecule has 4 rings (SSSR count). The van der Waals surface area contributed by atoms with Crippen molar-refractivity contribution < 1.29 is 9.59 Å². The Morgan fingerprint density at radius 1 is 0.893 bits per heavy atom. The molecule has 0 atom stereocenters. The van der Waals surface area contributed by atoms with Gasteiger partial charge >= 0.3 is 0 Å². The number of amides is 2. The molecule has 2 amide bonds. The first kappa shape index (κ1) is 18.2. The number of carbonyl (C=O) groups excluding carboxylic acids is 2. The highest BCUT2D eigenvalue weighted by molar-refractivity contribution is 7.12. The van der Waals surface area contributed by atoms with Crippen molar-refractivity contribution >= 4 is 57.0 Å². The Labute approximate surface area is 170 Å². The lowest BCUT2D eigenvalue weighted by molar-refractivity contribution is 0.101. The van der Waals surface area contributed by atoms with E-state index in [0.717, 1.165) is 5.39 Å². The van der Waals surface area contributed by atoms with E-state index in [9.17, 15) is 9.59 Å². The molecule has 2 aromatic carbocycles. The SMILES string of the molecule is O=C(Nc1cccc2cccnc12)c1ccc(Cl)c(NC(=O)c2cccs2)c1. The van der Waals surface area contributed by atoms with Crippen LogP contribution < -0.4 is 10.6 Å². The minimum absolute atomic E-state index is 0.271. The van der Waals surface area contributed by atoms with E-state index in [1.807, 2.05) is 29.6 Å². The van der Waals surface area contributed by atoms with Gasteiger partial charge in [0.1, 0.15) is 0 Å². The standard InChI is InChI=1S/C21H14ClN3O2S/c22-15-9-8-14(12-17(15)25-21(27)18-7-3-11-28-18)20(26)24-16-6-1-4-13-5-2-10-23-19(13)16/h1-12H,(H,24,26)(H,25,27). The summed E-state index contributed by atoms with van der Waals surface area (Å²) >= 11 is 7.52. The molecule has 0 aliphatic carbocycles. The second kappa shape index (κ2) is 7.80. The van der Waals surface area contributed by atoms with Gasteiger partial charge in [0.05, 0.1) is 26.8 Å². The van der Waals surface area contributed by atoms with Crippen LogP contribution >= 0.6 is 22.9 Å². The molecule has 0 aliphatic heterocycles. The maximum atomic E-state index is 12.7. The monoisotopic (exact) mass is 407 g/mol. The molecule has 7 heteroatoms. The number of nitrogens with one attached hydrogen (secondary N) is 2. The Hall–Kier alpha value is -3.22. The van der Waals surface area contributed by atoms with Crippen LogP contribution in [0.4, 0.5) is 11.4 Å². The maximum absolute atomic E-state index is 12.7. The molecule has 0 radical (unpaired) electrons. The summed E-state index contributed by atoms with van der Waals surface area (Å²) in [7, 11) is 0. The van der Waals surface area contributed by atoms with Crippen molar-refractivity contribution in [3.05, 3.63) is 87.7 Å². The van der Waals surface area contributed by atoms with Crippen molar-refractivity contribution in [3.8, 4) is 0 Å². The first-order chi connectivity index (χ1) is 13.6. The van der Waals surface area contributed by atoms with Gasteiger partial charge in [-0.15, -0.1) is 11.3 Å². The normalized spacial score (nSPS) is 10.6. The van der Waals surface area contributed by atoms with Crippen LogP contribution in [0.1, 0.15) is 20.0 Å². The van der Waals surface area contributed by atoms with E-state index < -0.39 is 0 Å². The number of benzene rings is 2. The van der Waals surface area contributed by atoms with Gasteiger partial charge in [0, 0.05) is 17.1 Å². The third-order valence-electron chi connectivity index (χ3n) is 4.10. The molecule has 0 saturated carbocycles. The minimum Gasteiger partial charge on any atom is -0.320 e. The van der Waals surface area contributed by atoms with Gasteiger partial charge in [-0.25, -0.2) is 0 Å². The van der Waals surface area contributed by atoms with Gasteiger partial charge in [0.25, 0.3) is 11.8 Å². The Morgan fingerprint density at radius 2 is 1.71 bits per heavy atom. The zero-order valence-corrected chi connectivity index (χ0v) is 16.1. The van der Waals surface area contributed by atoms with Crippen molar-refractivity contribution in [2.75, 3.05) is 10.6 Å². The van der Waals surface area contributed by atoms with Crippen LogP contribution in [0.3, 0.4) is 0 Å². The van der Waals surface area contributed by atoms with Gasteiger partial charge in [0.15, 0.2) is 0 Å². The number of carbonyl (C=O) groups is 2. The fourth-order valence-electron chi connectivity index (χ4n) is 2.75. The van der Waals surface area contributed by atoms with E-state index in [1.54, 1.807) is 42.6 Å². The van der Waals surface area contributed by atoms with Crippen LogP contribution in [-0.4, -0.2) is 16.8 Å². The van der Waals surface area contributed by atoms with E-state index in [0.29, 0.717) is 32.4 Å². The maximum Gasteiger partial charge on any atom is 0.265 e. The van der Waals surface area contributed by atoms with Crippen molar-refractivity contribution in [3.63, 3.8) is 0 Å². The molecule has 138 valence electrons. The number of nitrogens with zero attached hydrogens (tertiary/aromatic N) is 1. The average molecular weight is 408 g/mol. The van der Waals surface area contributed by atoms with E-state index >= 15 is 0 Å². The highest BCUT2D eigenvalue weighted by atomic mass is 35.5. The molecule has 0 spiro atoms. The molecule has 4 aromatic rings. The summed E-state index contributed by atoms with van der Waals surface area (Å²) in [5.41, 5.74) is 2.07. The fourth-order valence-corrected chi connectivity index (χ4v) is 3.54. The van der Waals surface area contributed by atoms with Crippen LogP contribution in [0.15, 0.2) is 72.2 Å². The van der Waals surface area contributed by atoms with Crippen molar-refractivity contribution in [2.45, 2.75) is 0 Å². The summed E-state index contributed by atoms with van der Waals surface area (Å²) < 4.78 is 0. The Balaban J connectivity index is 1.58. The number of rotatable bonds is 4. The summed E-state index contributed by atoms with van der Waals surface area (Å²) in [6.45, 7) is 0. The number of aromatic nitrogens is 1. The van der Waals surface area contributed by atoms with Crippen molar-refractivity contribution in [1.82, 2.24) is 4.98 Å². The zero-order chi connectivity index (χ0) is 19.5. The summed E-state index contributed by atoms with van der Waals surface area (Å²) in [4.78, 5) is 29.9. The molecule has 0 saturated heterocycles. The van der Waals surface area contributed by atoms with Gasteiger partial charge < -0.3 is 10.6 Å². The van der Waals surface area contributed by atoms with Crippen molar-refractivity contribution in [1.29, 1.82) is 0 Å². The second-order valence-corrected chi connectivity index (χ2v) is 7.32. The van der Waals surface area contributed by atoms with E-state index in [2.05, 4.69) is 15.6 Å². The fraction of sp³-hybridized carbons (Fsp3) is 0. The number of anilines is 2. The third-order valence-corrected chi connectivity index (χ3v) is 5.30. The molecule has 0 fully saturated rings. The molecule has 2 heterocycles. The number of thiophene rings is 1. The van der Waals surface area contributed by atoms with Gasteiger partial charge in [-0.05, 0) is 41.8 Å². The van der Waals surface area contributed by atoms with Gasteiger partial charge in [-0.1, -0.05) is 35.9 Å². The lowest BCUT2D eigenvalue weighted by atomic mass is 10.1. The number of fused-ring (bicyclic) bond motifs is 1. The van der Waals surface area contributed by atoms with E-state index in [1.165, 1.54) is 11.3 Å². The minimum atomic E-state index is -0.318.